The summed E-state index contributed by atoms with van der Waals surface area (Å²) in [7, 11) is -6.59. The van der Waals surface area contributed by atoms with Crippen molar-refractivity contribution in [2.45, 2.75) is 127 Å². The van der Waals surface area contributed by atoms with Crippen LogP contribution in [0.3, 0.4) is 0 Å². The van der Waals surface area contributed by atoms with Crippen molar-refractivity contribution in [2.75, 3.05) is 0 Å². The Labute approximate surface area is 325 Å². The molecule has 4 aromatic carbocycles. The molecular formula is C44H63GeNSeSi4. The second kappa shape index (κ2) is 13.1. The molecular weight excluding hydrogens is 806 g/mol. The maximum absolute atomic E-state index is 4.73. The molecule has 7 rings (SSSR count). The third-order valence-corrected chi connectivity index (χ3v) is 37.0. The van der Waals surface area contributed by atoms with Gasteiger partial charge in [-0.15, -0.1) is 0 Å². The Bertz CT molecular complexity index is 1800. The average Bonchev–Trinajstić information content (AvgIpc) is 2.98. The van der Waals surface area contributed by atoms with E-state index >= 15 is 0 Å². The zero-order valence-electron chi connectivity index (χ0n) is 34.2. The van der Waals surface area contributed by atoms with Crippen LogP contribution in [-0.2, 0) is 11.0 Å². The van der Waals surface area contributed by atoms with Gasteiger partial charge in [0.15, 0.2) is 0 Å². The molecule has 0 radical (unpaired) electrons. The molecule has 1 nitrogen and oxygen atoms in total. The fourth-order valence-electron chi connectivity index (χ4n) is 10.9. The van der Waals surface area contributed by atoms with Gasteiger partial charge in [-0.3, -0.25) is 0 Å². The second-order valence-corrected chi connectivity index (χ2v) is 50.8. The molecule has 2 bridgehead atoms. The quantitative estimate of drug-likeness (QED) is 0.165. The molecule has 0 aromatic heterocycles. The third kappa shape index (κ3) is 6.80. The first-order valence-electron chi connectivity index (χ1n) is 19.2. The first-order chi connectivity index (χ1) is 23.4. The zero-order chi connectivity index (χ0) is 37.7. The van der Waals surface area contributed by atoms with Crippen LogP contribution >= 0.6 is 0 Å². The standard InChI is InChI=1S/C44H63GeNSeSi4/c1-43(2,3)30-28-34(41(48(4,5)6)49(7,8)9)40(35(29-30)42(50(10,11)12)51(13,14)15)45(47)46-44-36-25-19-16-22-31(36)39(32-23-17-20-26-37(32)44)33-24-18-21-27-38(33)44/h16-29,39,41-42,46H,1-15H3. The molecule has 7 heteroatoms. The Morgan fingerprint density at radius 2 is 0.882 bits per heavy atom. The molecule has 0 aliphatic heterocycles. The van der Waals surface area contributed by atoms with Crippen molar-refractivity contribution in [3.8, 4) is 0 Å². The Kier molecular flexibility index (Phi) is 10.1. The molecule has 0 fully saturated rings. The molecule has 0 saturated carbocycles. The van der Waals surface area contributed by atoms with Crippen LogP contribution in [0.2, 0.25) is 78.6 Å². The van der Waals surface area contributed by atoms with Gasteiger partial charge in [0.2, 0.25) is 0 Å². The molecule has 0 saturated heterocycles. The number of hydrogen-bond donors (Lipinski definition) is 1. The Hall–Kier alpha value is -1.39. The van der Waals surface area contributed by atoms with E-state index in [4.69, 9.17) is 4.27 Å². The van der Waals surface area contributed by atoms with Gasteiger partial charge in [0.1, 0.15) is 0 Å². The fourth-order valence-corrected chi connectivity index (χ4v) is 45.7. The van der Waals surface area contributed by atoms with Gasteiger partial charge in [0.25, 0.3) is 0 Å². The Balaban J connectivity index is 1.74. The van der Waals surface area contributed by atoms with Crippen molar-refractivity contribution in [2.24, 2.45) is 0 Å². The summed E-state index contributed by atoms with van der Waals surface area (Å²) in [6.07, 6.45) is 0. The monoisotopic (exact) mass is 871 g/mol. The number of benzene rings is 4. The van der Waals surface area contributed by atoms with Crippen LogP contribution in [0.1, 0.15) is 87.1 Å². The summed E-state index contributed by atoms with van der Waals surface area (Å²) in [5, 5.41) is 1.32. The molecule has 1 N–H and O–H groups in total. The van der Waals surface area contributed by atoms with Crippen molar-refractivity contribution in [1.29, 1.82) is 0 Å². The molecule has 0 atom stereocenters. The molecule has 0 spiro atoms. The number of rotatable bonds is 9. The van der Waals surface area contributed by atoms with Crippen molar-refractivity contribution >= 4 is 62.4 Å². The fraction of sp³-hybridized carbons (Fsp3) is 0.455. The molecule has 51 heavy (non-hydrogen) atoms. The van der Waals surface area contributed by atoms with E-state index in [9.17, 15) is 0 Å². The van der Waals surface area contributed by atoms with Crippen molar-refractivity contribution in [1.82, 2.24) is 4.27 Å². The van der Waals surface area contributed by atoms with Crippen LogP contribution in [0.5, 0.6) is 0 Å². The third-order valence-electron chi connectivity index (χ3n) is 11.7. The van der Waals surface area contributed by atoms with E-state index in [1.54, 1.807) is 21.1 Å². The van der Waals surface area contributed by atoms with Crippen LogP contribution in [0.15, 0.2) is 84.9 Å². The van der Waals surface area contributed by atoms with E-state index in [1.807, 2.05) is 0 Å². The number of hydrogen-bond acceptors (Lipinski definition) is 1. The predicted molar refractivity (Wildman–Crippen MR) is 238 cm³/mol. The molecule has 0 unspecified atom stereocenters. The normalized spacial score (nSPS) is 18.8. The van der Waals surface area contributed by atoms with Gasteiger partial charge >= 0.3 is 328 Å². The van der Waals surface area contributed by atoms with Gasteiger partial charge in [-0.05, 0) is 0 Å². The average molecular weight is 870 g/mol. The molecule has 4 aromatic rings. The zero-order valence-corrected chi connectivity index (χ0v) is 42.0. The first kappa shape index (κ1) is 39.3. The summed E-state index contributed by atoms with van der Waals surface area (Å²) in [6.45, 7) is 39.3. The minimum atomic E-state index is -2.41. The molecule has 3 aliphatic carbocycles. The Morgan fingerprint density at radius 1 is 0.569 bits per heavy atom. The molecule has 0 heterocycles. The molecule has 270 valence electrons. The van der Waals surface area contributed by atoms with Gasteiger partial charge in [0.05, 0.1) is 0 Å². The topological polar surface area (TPSA) is 12.0 Å². The van der Waals surface area contributed by atoms with Gasteiger partial charge in [0, 0.05) is 0 Å². The van der Waals surface area contributed by atoms with Crippen LogP contribution in [0, 0.1) is 0 Å². The second-order valence-electron chi connectivity index (χ2n) is 21.0. The van der Waals surface area contributed by atoms with Crippen molar-refractivity contribution in [3.63, 3.8) is 0 Å². The van der Waals surface area contributed by atoms with E-state index in [2.05, 4.69) is 198 Å². The van der Waals surface area contributed by atoms with Gasteiger partial charge in [-0.2, -0.15) is 0 Å². The summed E-state index contributed by atoms with van der Waals surface area (Å²) in [5.41, 5.74) is 13.5. The van der Waals surface area contributed by atoms with Crippen molar-refractivity contribution in [3.05, 3.63) is 135 Å². The van der Waals surface area contributed by atoms with Gasteiger partial charge in [-0.25, -0.2) is 0 Å². The van der Waals surface area contributed by atoms with Gasteiger partial charge in [-0.1, -0.05) is 0 Å². The van der Waals surface area contributed by atoms with Crippen molar-refractivity contribution < 1.29 is 0 Å². The van der Waals surface area contributed by atoms with Crippen LogP contribution in [0.4, 0.5) is 0 Å². The first-order valence-corrected chi connectivity index (χ1v) is 40.9. The van der Waals surface area contributed by atoms with E-state index in [0.717, 1.165) is 0 Å². The van der Waals surface area contributed by atoms with E-state index in [0.29, 0.717) is 10.3 Å². The van der Waals surface area contributed by atoms with Gasteiger partial charge < -0.3 is 0 Å². The number of nitrogens with one attached hydrogen (secondary N) is 1. The summed E-state index contributed by atoms with van der Waals surface area (Å²) in [4.78, 5) is 0. The molecule has 0 amide bonds. The predicted octanol–water partition coefficient (Wildman–Crippen LogP) is 10.9. The maximum atomic E-state index is 4.73. The van der Waals surface area contributed by atoms with E-state index in [-0.39, 0.29) is 11.3 Å². The van der Waals surface area contributed by atoms with E-state index in [1.165, 1.54) is 33.4 Å². The Morgan fingerprint density at radius 3 is 1.18 bits per heavy atom. The summed E-state index contributed by atoms with van der Waals surface area (Å²) in [6, 6.07) is 33.7. The summed E-state index contributed by atoms with van der Waals surface area (Å²) >= 11 is 1.67. The van der Waals surface area contributed by atoms with Crippen LogP contribution in [-0.4, -0.2) is 58.0 Å². The van der Waals surface area contributed by atoms with Crippen LogP contribution in [0.25, 0.3) is 0 Å². The summed E-state index contributed by atoms with van der Waals surface area (Å²) in [5.74, 6) is 0.282. The minimum absolute atomic E-state index is 0.0806. The van der Waals surface area contributed by atoms with E-state index < -0.39 is 50.0 Å². The molecule has 3 aliphatic rings. The SMILES string of the molecule is CC(C)(C)c1cc(C([Si](C)(C)C)[Si](C)(C)C)[c]([Ge](=[Se])[NH]C23c4ccccc4C(c4ccccc42)c2ccccc23)c(C([Si](C)(C)C)[Si](C)(C)C)c1. The summed E-state index contributed by atoms with van der Waals surface area (Å²) < 4.78 is 6.48. The van der Waals surface area contributed by atoms with Crippen LogP contribution < -0.4 is 8.67 Å².